The molecule has 196 valence electrons. The van der Waals surface area contributed by atoms with E-state index < -0.39 is 26.0 Å². The van der Waals surface area contributed by atoms with Gasteiger partial charge in [0.05, 0.1) is 21.2 Å². The molecule has 0 heterocycles. The SMILES string of the molecule is Cc1ccc(S(=O)(=O)Nc2cccc(C(=O)Nc3ccc(S(=O)(=O)Nc4cccc(Cl)c4)cc3)c2C)cc1. The van der Waals surface area contributed by atoms with Gasteiger partial charge in [-0.2, -0.15) is 0 Å². The topological polar surface area (TPSA) is 121 Å². The van der Waals surface area contributed by atoms with Gasteiger partial charge in [-0.25, -0.2) is 16.8 Å². The van der Waals surface area contributed by atoms with E-state index in [-0.39, 0.29) is 21.0 Å². The van der Waals surface area contributed by atoms with Gasteiger partial charge >= 0.3 is 0 Å². The van der Waals surface area contributed by atoms with E-state index >= 15 is 0 Å². The van der Waals surface area contributed by atoms with Crippen LogP contribution < -0.4 is 14.8 Å². The van der Waals surface area contributed by atoms with Gasteiger partial charge in [0.15, 0.2) is 0 Å². The fraction of sp³-hybridized carbons (Fsp3) is 0.0741. The Morgan fingerprint density at radius 2 is 1.26 bits per heavy atom. The normalized spacial score (nSPS) is 11.6. The van der Waals surface area contributed by atoms with Crippen LogP contribution in [0.5, 0.6) is 0 Å². The third-order valence-electron chi connectivity index (χ3n) is 5.65. The summed E-state index contributed by atoms with van der Waals surface area (Å²) >= 11 is 5.92. The van der Waals surface area contributed by atoms with Gasteiger partial charge < -0.3 is 5.32 Å². The summed E-state index contributed by atoms with van der Waals surface area (Å²) in [5, 5.41) is 3.11. The molecule has 0 fully saturated rings. The highest BCUT2D eigenvalue weighted by Crippen LogP contribution is 2.25. The minimum atomic E-state index is -3.87. The highest BCUT2D eigenvalue weighted by molar-refractivity contribution is 7.93. The Morgan fingerprint density at radius 3 is 1.89 bits per heavy atom. The number of hydrogen-bond donors (Lipinski definition) is 3. The zero-order valence-electron chi connectivity index (χ0n) is 20.4. The number of anilines is 3. The van der Waals surface area contributed by atoms with E-state index in [1.54, 1.807) is 55.5 Å². The van der Waals surface area contributed by atoms with Crippen LogP contribution in [0.25, 0.3) is 0 Å². The number of sulfonamides is 2. The Labute approximate surface area is 226 Å². The molecule has 0 aromatic heterocycles. The lowest BCUT2D eigenvalue weighted by atomic mass is 10.1. The van der Waals surface area contributed by atoms with E-state index in [9.17, 15) is 21.6 Å². The molecule has 4 aromatic rings. The molecular weight excluding hydrogens is 546 g/mol. The molecule has 1 amide bonds. The highest BCUT2D eigenvalue weighted by Gasteiger charge is 2.19. The van der Waals surface area contributed by atoms with Crippen molar-refractivity contribution in [2.75, 3.05) is 14.8 Å². The van der Waals surface area contributed by atoms with Gasteiger partial charge in [0.2, 0.25) is 0 Å². The maximum atomic E-state index is 13.0. The van der Waals surface area contributed by atoms with Crippen LogP contribution in [-0.4, -0.2) is 22.7 Å². The molecule has 11 heteroatoms. The Hall–Kier alpha value is -3.86. The van der Waals surface area contributed by atoms with Gasteiger partial charge in [-0.15, -0.1) is 0 Å². The number of nitrogens with one attached hydrogen (secondary N) is 3. The Balaban J connectivity index is 1.49. The first-order chi connectivity index (χ1) is 17.9. The van der Waals surface area contributed by atoms with E-state index in [1.807, 2.05) is 6.92 Å². The summed E-state index contributed by atoms with van der Waals surface area (Å²) in [5.74, 6) is -0.480. The van der Waals surface area contributed by atoms with Gasteiger partial charge in [0.1, 0.15) is 0 Å². The molecule has 0 unspecified atom stereocenters. The van der Waals surface area contributed by atoms with Crippen LogP contribution in [0.3, 0.4) is 0 Å². The maximum absolute atomic E-state index is 13.0. The fourth-order valence-corrected chi connectivity index (χ4v) is 5.96. The maximum Gasteiger partial charge on any atom is 0.261 e. The third kappa shape index (κ3) is 6.34. The first-order valence-corrected chi connectivity index (χ1v) is 14.7. The van der Waals surface area contributed by atoms with Crippen LogP contribution in [0.4, 0.5) is 17.1 Å². The Morgan fingerprint density at radius 1 is 0.684 bits per heavy atom. The summed E-state index contributed by atoms with van der Waals surface area (Å²) in [5.41, 5.74) is 2.58. The second-order valence-electron chi connectivity index (χ2n) is 8.49. The van der Waals surface area contributed by atoms with Crippen molar-refractivity contribution in [3.63, 3.8) is 0 Å². The molecule has 4 aromatic carbocycles. The molecular formula is C27H24ClN3O5S2. The molecule has 0 atom stereocenters. The third-order valence-corrected chi connectivity index (χ3v) is 8.67. The van der Waals surface area contributed by atoms with Gasteiger partial charge in [0.25, 0.3) is 26.0 Å². The van der Waals surface area contributed by atoms with E-state index in [1.165, 1.54) is 42.5 Å². The smallest absolute Gasteiger partial charge is 0.261 e. The summed E-state index contributed by atoms with van der Waals surface area (Å²) in [6.07, 6.45) is 0. The van der Waals surface area contributed by atoms with E-state index in [0.29, 0.717) is 22.0 Å². The molecule has 0 aliphatic rings. The number of carbonyl (C=O) groups excluding carboxylic acids is 1. The lowest BCUT2D eigenvalue weighted by molar-refractivity contribution is 0.102. The predicted molar refractivity (Wildman–Crippen MR) is 150 cm³/mol. The molecule has 0 aliphatic heterocycles. The van der Waals surface area contributed by atoms with Gasteiger partial charge in [-0.05, 0) is 86.1 Å². The van der Waals surface area contributed by atoms with Crippen molar-refractivity contribution in [3.8, 4) is 0 Å². The number of benzene rings is 4. The van der Waals surface area contributed by atoms with Crippen LogP contribution in [0.1, 0.15) is 21.5 Å². The van der Waals surface area contributed by atoms with Crippen LogP contribution >= 0.6 is 11.6 Å². The van der Waals surface area contributed by atoms with Crippen molar-refractivity contribution in [3.05, 3.63) is 113 Å². The van der Waals surface area contributed by atoms with Crippen molar-refractivity contribution >= 4 is 54.6 Å². The quantitative estimate of drug-likeness (QED) is 0.247. The van der Waals surface area contributed by atoms with Crippen molar-refractivity contribution in [1.29, 1.82) is 0 Å². The first kappa shape index (κ1) is 27.2. The fourth-order valence-electron chi connectivity index (χ4n) is 3.60. The summed E-state index contributed by atoms with van der Waals surface area (Å²) in [7, 11) is -7.72. The first-order valence-electron chi connectivity index (χ1n) is 11.3. The number of rotatable bonds is 8. The standard InChI is InChI=1S/C27H24ClN3O5S2/c1-18-9-13-23(14-10-18)38(35,36)31-26-8-4-7-25(19(26)2)27(32)29-21-11-15-24(16-12-21)37(33,34)30-22-6-3-5-20(28)17-22/h3-17,30-31H,1-2H3,(H,29,32). The molecule has 4 rings (SSSR count). The molecule has 38 heavy (non-hydrogen) atoms. The Kier molecular flexibility index (Phi) is 7.77. The lowest BCUT2D eigenvalue weighted by Gasteiger charge is -2.14. The second-order valence-corrected chi connectivity index (χ2v) is 12.3. The largest absolute Gasteiger partial charge is 0.322 e. The van der Waals surface area contributed by atoms with E-state index in [2.05, 4.69) is 14.8 Å². The lowest BCUT2D eigenvalue weighted by Crippen LogP contribution is -2.17. The monoisotopic (exact) mass is 569 g/mol. The predicted octanol–water partition coefficient (Wildman–Crippen LogP) is 5.81. The zero-order valence-corrected chi connectivity index (χ0v) is 22.8. The molecule has 0 spiro atoms. The van der Waals surface area contributed by atoms with E-state index in [4.69, 9.17) is 11.6 Å². The number of amides is 1. The van der Waals surface area contributed by atoms with Gasteiger partial charge in [-0.3, -0.25) is 14.2 Å². The molecule has 8 nitrogen and oxygen atoms in total. The van der Waals surface area contributed by atoms with E-state index in [0.717, 1.165) is 5.56 Å². The average Bonchev–Trinajstić information content (AvgIpc) is 2.85. The minimum Gasteiger partial charge on any atom is -0.322 e. The van der Waals surface area contributed by atoms with Crippen molar-refractivity contribution in [2.24, 2.45) is 0 Å². The summed E-state index contributed by atoms with van der Waals surface area (Å²) < 4.78 is 56.0. The van der Waals surface area contributed by atoms with Crippen molar-refractivity contribution < 1.29 is 21.6 Å². The molecule has 0 aliphatic carbocycles. The average molecular weight is 570 g/mol. The molecule has 0 saturated heterocycles. The Bertz CT molecular complexity index is 1700. The second kappa shape index (κ2) is 10.9. The summed E-state index contributed by atoms with van der Waals surface area (Å²) in [4.78, 5) is 13.1. The van der Waals surface area contributed by atoms with Crippen LogP contribution in [0, 0.1) is 13.8 Å². The van der Waals surface area contributed by atoms with Crippen molar-refractivity contribution in [1.82, 2.24) is 0 Å². The highest BCUT2D eigenvalue weighted by atomic mass is 35.5. The van der Waals surface area contributed by atoms with Crippen LogP contribution in [0.2, 0.25) is 5.02 Å². The van der Waals surface area contributed by atoms with Gasteiger partial charge in [0, 0.05) is 16.3 Å². The summed E-state index contributed by atoms with van der Waals surface area (Å²) in [6.45, 7) is 3.50. The number of halogens is 1. The molecule has 0 saturated carbocycles. The number of carbonyl (C=O) groups is 1. The molecule has 0 radical (unpaired) electrons. The van der Waals surface area contributed by atoms with Crippen molar-refractivity contribution in [2.45, 2.75) is 23.6 Å². The number of hydrogen-bond acceptors (Lipinski definition) is 5. The number of aryl methyl sites for hydroxylation is 1. The minimum absolute atomic E-state index is 0.000773. The van der Waals surface area contributed by atoms with Crippen LogP contribution in [0.15, 0.2) is 101 Å². The zero-order chi connectivity index (χ0) is 27.5. The molecule has 0 bridgehead atoms. The molecule has 3 N–H and O–H groups in total. The van der Waals surface area contributed by atoms with Gasteiger partial charge in [-0.1, -0.05) is 41.4 Å². The summed E-state index contributed by atoms with van der Waals surface area (Å²) in [6, 6.07) is 23.1. The van der Waals surface area contributed by atoms with Crippen LogP contribution in [-0.2, 0) is 20.0 Å².